The molecule has 0 saturated carbocycles. The predicted molar refractivity (Wildman–Crippen MR) is 110 cm³/mol. The summed E-state index contributed by atoms with van der Waals surface area (Å²) in [5.41, 5.74) is 1.20. The van der Waals surface area contributed by atoms with Gasteiger partial charge in [-0.3, -0.25) is 14.2 Å². The van der Waals surface area contributed by atoms with E-state index < -0.39 is 0 Å². The lowest BCUT2D eigenvalue weighted by Gasteiger charge is -2.15. The third-order valence-electron chi connectivity index (χ3n) is 4.00. The van der Waals surface area contributed by atoms with Crippen molar-refractivity contribution in [2.45, 2.75) is 23.6 Å². The molecule has 1 heterocycles. The van der Waals surface area contributed by atoms with Crippen LogP contribution in [-0.4, -0.2) is 10.4 Å². The largest absolute Gasteiger partial charge is 0.294 e. The first-order chi connectivity index (χ1) is 12.8. The number of pyridine rings is 1. The van der Waals surface area contributed by atoms with Crippen LogP contribution in [0.3, 0.4) is 0 Å². The number of Topliss-reactive ketones (excluding diaryl/α,β-unsaturated/α-hetero) is 1. The van der Waals surface area contributed by atoms with Gasteiger partial charge in [-0.05, 0) is 61.9 Å². The minimum atomic E-state index is -0.354. The Morgan fingerprint density at radius 3 is 2.44 bits per heavy atom. The Bertz CT molecular complexity index is 1100. The maximum Gasteiger partial charge on any atom is 0.269 e. The molecule has 7 heteroatoms. The number of aromatic nitrogens is 1. The van der Waals surface area contributed by atoms with E-state index in [1.165, 1.54) is 41.6 Å². The molecule has 2 aromatic carbocycles. The van der Waals surface area contributed by atoms with E-state index in [9.17, 15) is 14.0 Å². The van der Waals surface area contributed by atoms with Crippen LogP contribution in [0.15, 0.2) is 67.7 Å². The molecule has 3 nitrogen and oxygen atoms in total. The summed E-state index contributed by atoms with van der Waals surface area (Å²) in [5.74, 6) is -0.511. The number of benzene rings is 2. The number of carbonyl (C=O) groups is 1. The van der Waals surface area contributed by atoms with Gasteiger partial charge in [0.2, 0.25) is 0 Å². The molecule has 0 saturated heterocycles. The van der Waals surface area contributed by atoms with Crippen LogP contribution in [0.5, 0.6) is 0 Å². The zero-order valence-electron chi connectivity index (χ0n) is 14.4. The molecule has 0 aliphatic rings. The summed E-state index contributed by atoms with van der Waals surface area (Å²) in [7, 11) is 0. The Morgan fingerprint density at radius 1 is 1.19 bits per heavy atom. The Hall–Kier alpha value is -1.89. The fourth-order valence-corrected chi connectivity index (χ4v) is 4.35. The average molecular weight is 467 g/mol. The van der Waals surface area contributed by atoms with Crippen molar-refractivity contribution in [3.8, 4) is 5.69 Å². The monoisotopic (exact) mass is 465 g/mol. The zero-order chi connectivity index (χ0) is 19.7. The van der Waals surface area contributed by atoms with Crippen molar-refractivity contribution in [1.29, 1.82) is 0 Å². The number of rotatable bonds is 4. The Kier molecular flexibility index (Phi) is 5.89. The molecule has 0 fully saturated rings. The maximum atomic E-state index is 13.2. The first kappa shape index (κ1) is 19.9. The molecule has 1 aromatic heterocycles. The molecular weight excluding hydrogens is 453 g/mol. The van der Waals surface area contributed by atoms with Crippen molar-refractivity contribution >= 4 is 45.1 Å². The topological polar surface area (TPSA) is 39.1 Å². The lowest BCUT2D eigenvalue weighted by Crippen LogP contribution is -2.23. The molecule has 0 amide bonds. The van der Waals surface area contributed by atoms with Crippen molar-refractivity contribution in [3.05, 3.63) is 85.5 Å². The van der Waals surface area contributed by atoms with Gasteiger partial charge < -0.3 is 0 Å². The van der Waals surface area contributed by atoms with Crippen molar-refractivity contribution in [2.24, 2.45) is 0 Å². The Morgan fingerprint density at radius 2 is 1.85 bits per heavy atom. The first-order valence-electron chi connectivity index (χ1n) is 7.94. The van der Waals surface area contributed by atoms with Crippen LogP contribution in [0.2, 0.25) is 5.02 Å². The summed E-state index contributed by atoms with van der Waals surface area (Å²) in [5, 5.41) is 0.377. The standard InChI is InChI=1S/C20H14BrClFNO2S/c1-11-16(12(2)25)10-24(18-8-3-13(21)9-17(18)22)20(26)19(11)27-15-6-4-14(23)5-7-15/h3-10H,1-2H3. The maximum absolute atomic E-state index is 13.2. The SMILES string of the molecule is CC(=O)c1cn(-c2ccc(Br)cc2Cl)c(=O)c(Sc2ccc(F)cc2)c1C. The summed E-state index contributed by atoms with van der Waals surface area (Å²) in [6.07, 6.45) is 1.52. The second-order valence-corrected chi connectivity index (χ2v) is 8.29. The normalized spacial score (nSPS) is 10.9. The predicted octanol–water partition coefficient (Wildman–Crippen LogP) is 6.05. The summed E-state index contributed by atoms with van der Waals surface area (Å²) in [4.78, 5) is 26.4. The Labute approximate surface area is 173 Å². The third kappa shape index (κ3) is 4.18. The smallest absolute Gasteiger partial charge is 0.269 e. The van der Waals surface area contributed by atoms with Gasteiger partial charge >= 0.3 is 0 Å². The highest BCUT2D eigenvalue weighted by Crippen LogP contribution is 2.31. The number of halogens is 3. The minimum absolute atomic E-state index is 0.157. The van der Waals surface area contributed by atoms with Crippen molar-refractivity contribution in [3.63, 3.8) is 0 Å². The molecule has 0 N–H and O–H groups in total. The van der Waals surface area contributed by atoms with Crippen molar-refractivity contribution in [1.82, 2.24) is 4.57 Å². The fourth-order valence-electron chi connectivity index (χ4n) is 2.63. The van der Waals surface area contributed by atoms with E-state index in [0.717, 1.165) is 4.47 Å². The van der Waals surface area contributed by atoms with E-state index in [-0.39, 0.29) is 17.2 Å². The molecule has 3 aromatic rings. The van der Waals surface area contributed by atoms with Crippen LogP contribution in [0, 0.1) is 12.7 Å². The van der Waals surface area contributed by atoms with Crippen LogP contribution < -0.4 is 5.56 Å². The molecule has 138 valence electrons. The highest BCUT2D eigenvalue weighted by molar-refractivity contribution is 9.10. The minimum Gasteiger partial charge on any atom is -0.294 e. The summed E-state index contributed by atoms with van der Waals surface area (Å²) < 4.78 is 15.3. The van der Waals surface area contributed by atoms with Crippen LogP contribution >= 0.6 is 39.3 Å². The van der Waals surface area contributed by atoms with Gasteiger partial charge in [0.25, 0.3) is 5.56 Å². The fraction of sp³-hybridized carbons (Fsp3) is 0.100. The summed E-state index contributed by atoms with van der Waals surface area (Å²) in [6, 6.07) is 11.0. The molecule has 0 bridgehead atoms. The number of hydrogen-bond donors (Lipinski definition) is 0. The molecule has 0 atom stereocenters. The van der Waals surface area contributed by atoms with E-state index in [1.807, 2.05) is 0 Å². The van der Waals surface area contributed by atoms with E-state index in [1.54, 1.807) is 37.3 Å². The lowest BCUT2D eigenvalue weighted by atomic mass is 10.1. The molecule has 0 unspecified atom stereocenters. The Balaban J connectivity index is 2.23. The molecule has 27 heavy (non-hydrogen) atoms. The molecular formula is C20H14BrClFNO2S. The van der Waals surface area contributed by atoms with Crippen molar-refractivity contribution in [2.75, 3.05) is 0 Å². The molecule has 0 spiro atoms. The highest BCUT2D eigenvalue weighted by Gasteiger charge is 2.18. The quantitative estimate of drug-likeness (QED) is 0.439. The number of nitrogens with zero attached hydrogens (tertiary/aromatic N) is 1. The second kappa shape index (κ2) is 8.00. The average Bonchev–Trinajstić information content (AvgIpc) is 2.61. The molecule has 0 radical (unpaired) electrons. The van der Waals surface area contributed by atoms with E-state index in [4.69, 9.17) is 11.6 Å². The van der Waals surface area contributed by atoms with Crippen LogP contribution in [0.4, 0.5) is 4.39 Å². The van der Waals surface area contributed by atoms with Crippen molar-refractivity contribution < 1.29 is 9.18 Å². The summed E-state index contributed by atoms with van der Waals surface area (Å²) in [6.45, 7) is 3.18. The number of ketones is 1. The second-order valence-electron chi connectivity index (χ2n) is 5.88. The van der Waals surface area contributed by atoms with Crippen LogP contribution in [0.25, 0.3) is 5.69 Å². The molecule has 0 aliphatic carbocycles. The van der Waals surface area contributed by atoms with Crippen LogP contribution in [-0.2, 0) is 0 Å². The summed E-state index contributed by atoms with van der Waals surface area (Å²) >= 11 is 10.8. The van der Waals surface area contributed by atoms with Gasteiger partial charge in [0.05, 0.1) is 15.6 Å². The van der Waals surface area contributed by atoms with Gasteiger partial charge in [-0.25, -0.2) is 4.39 Å². The van der Waals surface area contributed by atoms with Gasteiger partial charge in [0, 0.05) is 21.1 Å². The van der Waals surface area contributed by atoms with Gasteiger partial charge in [0.15, 0.2) is 5.78 Å². The third-order valence-corrected chi connectivity index (χ3v) is 5.99. The van der Waals surface area contributed by atoms with E-state index in [0.29, 0.717) is 31.6 Å². The van der Waals surface area contributed by atoms with Gasteiger partial charge in [-0.15, -0.1) is 0 Å². The zero-order valence-corrected chi connectivity index (χ0v) is 17.6. The number of hydrogen-bond acceptors (Lipinski definition) is 3. The van der Waals surface area contributed by atoms with Gasteiger partial charge in [-0.1, -0.05) is 39.3 Å². The molecule has 0 aliphatic heterocycles. The van der Waals surface area contributed by atoms with E-state index >= 15 is 0 Å². The molecule has 3 rings (SSSR count). The number of carbonyl (C=O) groups excluding carboxylic acids is 1. The first-order valence-corrected chi connectivity index (χ1v) is 9.92. The highest BCUT2D eigenvalue weighted by atomic mass is 79.9. The van der Waals surface area contributed by atoms with Gasteiger partial charge in [0.1, 0.15) is 5.82 Å². The van der Waals surface area contributed by atoms with Gasteiger partial charge in [-0.2, -0.15) is 0 Å². The van der Waals surface area contributed by atoms with E-state index in [2.05, 4.69) is 15.9 Å². The van der Waals surface area contributed by atoms with Crippen LogP contribution in [0.1, 0.15) is 22.8 Å². The lowest BCUT2D eigenvalue weighted by molar-refractivity contribution is 0.101.